The van der Waals surface area contributed by atoms with Gasteiger partial charge in [0, 0.05) is 6.54 Å². The van der Waals surface area contributed by atoms with Gasteiger partial charge in [0.25, 0.3) is 5.91 Å². The number of morpholine rings is 1. The van der Waals surface area contributed by atoms with Crippen LogP contribution in [0.5, 0.6) is 0 Å². The Bertz CT molecular complexity index is 900. The fraction of sp³-hybridized carbons (Fsp3) is 0.211. The van der Waals surface area contributed by atoms with E-state index in [0.29, 0.717) is 36.1 Å². The minimum Gasteiger partial charge on any atom is -0.366 e. The molecular weight excluding hydrogens is 354 g/mol. The molecule has 1 unspecified atom stereocenters. The lowest BCUT2D eigenvalue weighted by Gasteiger charge is -2.31. The van der Waals surface area contributed by atoms with E-state index in [2.05, 4.69) is 10.1 Å². The van der Waals surface area contributed by atoms with E-state index in [4.69, 9.17) is 20.9 Å². The highest BCUT2D eigenvalue weighted by Gasteiger charge is 2.29. The summed E-state index contributed by atoms with van der Waals surface area (Å²) in [4.78, 5) is 18.8. The molecule has 1 aliphatic heterocycles. The smallest absolute Gasteiger partial charge is 0.255 e. The SMILES string of the molecule is O=C(c1cc(-c2ccccc2)ccc1Cl)N1CCOC(c2ncon2)C1. The van der Waals surface area contributed by atoms with Crippen molar-refractivity contribution in [2.75, 3.05) is 19.7 Å². The van der Waals surface area contributed by atoms with Crippen molar-refractivity contribution in [3.8, 4) is 11.1 Å². The van der Waals surface area contributed by atoms with Crippen LogP contribution in [0, 0.1) is 0 Å². The zero-order valence-electron chi connectivity index (χ0n) is 13.8. The first-order valence-electron chi connectivity index (χ1n) is 8.24. The number of carbonyl (C=O) groups is 1. The van der Waals surface area contributed by atoms with E-state index in [0.717, 1.165) is 11.1 Å². The van der Waals surface area contributed by atoms with Gasteiger partial charge in [-0.3, -0.25) is 4.79 Å². The third-order valence-electron chi connectivity index (χ3n) is 4.32. The molecule has 0 N–H and O–H groups in total. The van der Waals surface area contributed by atoms with Crippen LogP contribution in [0.25, 0.3) is 11.1 Å². The molecule has 1 aliphatic rings. The van der Waals surface area contributed by atoms with Gasteiger partial charge < -0.3 is 14.2 Å². The number of amides is 1. The van der Waals surface area contributed by atoms with Crippen molar-refractivity contribution in [2.24, 2.45) is 0 Å². The number of rotatable bonds is 3. The Morgan fingerprint density at radius 3 is 2.77 bits per heavy atom. The van der Waals surface area contributed by atoms with Gasteiger partial charge in [-0.1, -0.05) is 53.2 Å². The molecule has 1 fully saturated rings. The van der Waals surface area contributed by atoms with E-state index in [1.165, 1.54) is 6.39 Å². The van der Waals surface area contributed by atoms with Crippen LogP contribution < -0.4 is 0 Å². The van der Waals surface area contributed by atoms with Gasteiger partial charge in [0.15, 0.2) is 0 Å². The minimum atomic E-state index is -0.400. The Morgan fingerprint density at radius 2 is 2.00 bits per heavy atom. The molecule has 0 bridgehead atoms. The van der Waals surface area contributed by atoms with E-state index >= 15 is 0 Å². The summed E-state index contributed by atoms with van der Waals surface area (Å²) in [5, 5.41) is 4.23. The summed E-state index contributed by atoms with van der Waals surface area (Å²) in [6.45, 7) is 1.24. The van der Waals surface area contributed by atoms with Gasteiger partial charge in [-0.05, 0) is 23.3 Å². The van der Waals surface area contributed by atoms with E-state index < -0.39 is 6.10 Å². The molecule has 0 spiro atoms. The molecule has 4 rings (SSSR count). The second-order valence-corrected chi connectivity index (χ2v) is 6.37. The molecule has 0 radical (unpaired) electrons. The second kappa shape index (κ2) is 7.27. The third-order valence-corrected chi connectivity index (χ3v) is 4.65. The maximum absolute atomic E-state index is 13.0. The summed E-state index contributed by atoms with van der Waals surface area (Å²) in [6, 6.07) is 15.4. The van der Waals surface area contributed by atoms with Crippen LogP contribution in [0.1, 0.15) is 22.3 Å². The van der Waals surface area contributed by atoms with E-state index in [1.807, 2.05) is 42.5 Å². The van der Waals surface area contributed by atoms with Crippen molar-refractivity contribution in [2.45, 2.75) is 6.10 Å². The zero-order chi connectivity index (χ0) is 17.9. The standard InChI is InChI=1S/C19H16ClN3O3/c20-16-7-6-14(13-4-2-1-3-5-13)10-15(16)19(24)23-8-9-25-17(11-23)18-21-12-26-22-18/h1-7,10,12,17H,8-9,11H2. The molecule has 7 heteroatoms. The quantitative estimate of drug-likeness (QED) is 0.705. The molecule has 1 saturated heterocycles. The lowest BCUT2D eigenvalue weighted by Crippen LogP contribution is -2.42. The maximum atomic E-state index is 13.0. The first kappa shape index (κ1) is 16.8. The van der Waals surface area contributed by atoms with Crippen molar-refractivity contribution in [3.05, 3.63) is 71.3 Å². The summed E-state index contributed by atoms with van der Waals surface area (Å²) in [5.41, 5.74) is 2.45. The monoisotopic (exact) mass is 369 g/mol. The van der Waals surface area contributed by atoms with Gasteiger partial charge in [0.05, 0.1) is 23.7 Å². The van der Waals surface area contributed by atoms with Gasteiger partial charge in [0.2, 0.25) is 12.2 Å². The van der Waals surface area contributed by atoms with Crippen molar-refractivity contribution in [1.82, 2.24) is 15.0 Å². The number of nitrogens with zero attached hydrogens (tertiary/aromatic N) is 3. The van der Waals surface area contributed by atoms with E-state index in [-0.39, 0.29) is 5.91 Å². The highest BCUT2D eigenvalue weighted by molar-refractivity contribution is 6.34. The topological polar surface area (TPSA) is 68.5 Å². The number of carbonyl (C=O) groups excluding carboxylic acids is 1. The predicted molar refractivity (Wildman–Crippen MR) is 95.8 cm³/mol. The van der Waals surface area contributed by atoms with Gasteiger partial charge in [0.1, 0.15) is 6.10 Å². The summed E-state index contributed by atoms with van der Waals surface area (Å²) >= 11 is 6.32. The lowest BCUT2D eigenvalue weighted by atomic mass is 10.0. The average molecular weight is 370 g/mol. The minimum absolute atomic E-state index is 0.135. The Kier molecular flexibility index (Phi) is 4.69. The lowest BCUT2D eigenvalue weighted by molar-refractivity contribution is -0.0276. The molecule has 3 aromatic rings. The number of halogens is 1. The second-order valence-electron chi connectivity index (χ2n) is 5.96. The normalized spacial score (nSPS) is 17.3. The Labute approximate surface area is 155 Å². The number of ether oxygens (including phenoxy) is 1. The molecule has 1 atom stereocenters. The molecule has 2 heterocycles. The molecule has 2 aromatic carbocycles. The van der Waals surface area contributed by atoms with Crippen LogP contribution in [0.15, 0.2) is 59.4 Å². The molecule has 132 valence electrons. The highest BCUT2D eigenvalue weighted by Crippen LogP contribution is 2.28. The van der Waals surface area contributed by atoms with Crippen molar-refractivity contribution in [3.63, 3.8) is 0 Å². The van der Waals surface area contributed by atoms with Crippen molar-refractivity contribution in [1.29, 1.82) is 0 Å². The third kappa shape index (κ3) is 3.34. The van der Waals surface area contributed by atoms with Crippen LogP contribution >= 0.6 is 11.6 Å². The Balaban J connectivity index is 1.59. The Hall–Kier alpha value is -2.70. The summed E-state index contributed by atoms with van der Waals surface area (Å²) in [6.07, 6.45) is 0.849. The van der Waals surface area contributed by atoms with Gasteiger partial charge in [-0.25, -0.2) is 0 Å². The summed E-state index contributed by atoms with van der Waals surface area (Å²) in [5.74, 6) is 0.302. The van der Waals surface area contributed by atoms with Gasteiger partial charge in [-0.15, -0.1) is 0 Å². The number of benzene rings is 2. The summed E-state index contributed by atoms with van der Waals surface area (Å²) < 4.78 is 10.4. The highest BCUT2D eigenvalue weighted by atomic mass is 35.5. The first-order valence-corrected chi connectivity index (χ1v) is 8.62. The van der Waals surface area contributed by atoms with Crippen LogP contribution in [0.3, 0.4) is 0 Å². The molecule has 6 nitrogen and oxygen atoms in total. The van der Waals surface area contributed by atoms with Gasteiger partial charge >= 0.3 is 0 Å². The molecule has 0 aliphatic carbocycles. The van der Waals surface area contributed by atoms with E-state index in [1.54, 1.807) is 11.0 Å². The zero-order valence-corrected chi connectivity index (χ0v) is 14.6. The molecular formula is C19H16ClN3O3. The Morgan fingerprint density at radius 1 is 1.15 bits per heavy atom. The average Bonchev–Trinajstić information content (AvgIpc) is 3.23. The largest absolute Gasteiger partial charge is 0.366 e. The molecule has 1 amide bonds. The van der Waals surface area contributed by atoms with Crippen molar-refractivity contribution < 1.29 is 14.1 Å². The fourth-order valence-corrected chi connectivity index (χ4v) is 3.18. The van der Waals surface area contributed by atoms with Gasteiger partial charge in [-0.2, -0.15) is 4.98 Å². The predicted octanol–water partition coefficient (Wildman–Crippen LogP) is 3.60. The van der Waals surface area contributed by atoms with E-state index in [9.17, 15) is 4.79 Å². The first-order chi connectivity index (χ1) is 12.7. The molecule has 26 heavy (non-hydrogen) atoms. The molecule has 0 saturated carbocycles. The van der Waals surface area contributed by atoms with Crippen LogP contribution in [-0.4, -0.2) is 40.6 Å². The van der Waals surface area contributed by atoms with Crippen LogP contribution in [0.4, 0.5) is 0 Å². The molecule has 1 aromatic heterocycles. The number of aromatic nitrogens is 2. The summed E-state index contributed by atoms with van der Waals surface area (Å²) in [7, 11) is 0. The maximum Gasteiger partial charge on any atom is 0.255 e. The fourth-order valence-electron chi connectivity index (χ4n) is 2.98. The van der Waals surface area contributed by atoms with Crippen LogP contribution in [-0.2, 0) is 4.74 Å². The number of hydrogen-bond donors (Lipinski definition) is 0. The van der Waals surface area contributed by atoms with Crippen molar-refractivity contribution >= 4 is 17.5 Å². The van der Waals surface area contributed by atoms with Crippen LogP contribution in [0.2, 0.25) is 5.02 Å². The number of hydrogen-bond acceptors (Lipinski definition) is 5.